The maximum atomic E-state index is 5.17. The molecule has 0 saturated carbocycles. The second kappa shape index (κ2) is 124. The van der Waals surface area contributed by atoms with Gasteiger partial charge in [0.25, 0.3) is 0 Å². The molecule has 0 aromatic carbocycles. The van der Waals surface area contributed by atoms with Gasteiger partial charge >= 0.3 is 119 Å². The number of nitrogens with one attached hydrogen (secondary N) is 6. The van der Waals surface area contributed by atoms with E-state index >= 15 is 0 Å². The molecule has 0 aliphatic carbocycles. The van der Waals surface area contributed by atoms with Crippen LogP contribution in [-0.2, 0) is 54.0 Å². The van der Waals surface area contributed by atoms with Crippen molar-refractivity contribution in [1.29, 1.82) is 0 Å². The fourth-order valence-electron chi connectivity index (χ4n) is 2.02. The first-order valence-electron chi connectivity index (χ1n) is 16.0. The van der Waals surface area contributed by atoms with Crippen molar-refractivity contribution in [2.75, 3.05) is 157 Å². The zero-order chi connectivity index (χ0) is 36.0. The van der Waals surface area contributed by atoms with Gasteiger partial charge in [-0.3, -0.25) is 0 Å². The molecular formula is C24H82Cl2Dy2Ge2N18S6. The maximum absolute atomic E-state index is 5.17. The Morgan fingerprint density at radius 2 is 0.333 bits per heavy atom. The van der Waals surface area contributed by atoms with Crippen LogP contribution in [0.3, 0.4) is 0 Å². The van der Waals surface area contributed by atoms with Crippen molar-refractivity contribution < 1.29 is 101 Å². The zero-order valence-electron chi connectivity index (χ0n) is 31.9. The van der Waals surface area contributed by atoms with E-state index in [0.29, 0.717) is 105 Å². The molecule has 346 valence electrons. The summed E-state index contributed by atoms with van der Waals surface area (Å²) in [6.07, 6.45) is 0. The van der Waals surface area contributed by atoms with Gasteiger partial charge in [0.05, 0.1) is 0 Å². The number of hydrogen-bond donors (Lipinski definition) is 18. The molecule has 0 amide bonds. The third-order valence-corrected chi connectivity index (χ3v) is 44.4. The van der Waals surface area contributed by atoms with Crippen LogP contribution in [0, 0.1) is 76.3 Å². The van der Waals surface area contributed by atoms with Crippen LogP contribution >= 0.6 is 16.8 Å². The quantitative estimate of drug-likeness (QED) is 0.0185. The van der Waals surface area contributed by atoms with Gasteiger partial charge in [-0.15, -0.1) is 0 Å². The minimum atomic E-state index is 0. The molecule has 0 aromatic heterocycles. The summed E-state index contributed by atoms with van der Waals surface area (Å²) in [5.74, 6) is 0. The third kappa shape index (κ3) is 163. The van der Waals surface area contributed by atoms with Gasteiger partial charge < -0.3 is 180 Å². The average molecular weight is 1360 g/mol. The predicted octanol–water partition coefficient (Wildman–Crippen LogP) is -15.6. The first-order valence-corrected chi connectivity index (χ1v) is 27.9. The Morgan fingerprint density at radius 3 is 0.370 bits per heavy atom. The summed E-state index contributed by atoms with van der Waals surface area (Å²) < 4.78 is 0. The van der Waals surface area contributed by atoms with Crippen molar-refractivity contribution in [3.05, 3.63) is 0 Å². The molecule has 30 heteroatoms. The molecule has 0 spiro atoms. The fraction of sp³-hybridized carbons (Fsp3) is 1.00. The van der Waals surface area contributed by atoms with Gasteiger partial charge in [0.2, 0.25) is 0 Å². The summed E-state index contributed by atoms with van der Waals surface area (Å²) >= 11 is 1.17. The van der Waals surface area contributed by atoms with Crippen LogP contribution in [-0.4, -0.2) is 183 Å². The summed E-state index contributed by atoms with van der Waals surface area (Å²) in [5.41, 5.74) is 62.0. The van der Waals surface area contributed by atoms with Gasteiger partial charge in [-0.05, 0) is 0 Å². The Balaban J connectivity index is -0.0000000282. The average Bonchev–Trinajstić information content (AvgIpc) is 3.04. The van der Waals surface area contributed by atoms with Crippen molar-refractivity contribution in [3.63, 3.8) is 0 Å². The van der Waals surface area contributed by atoms with Gasteiger partial charge in [0.15, 0.2) is 0 Å². The molecule has 1 aliphatic rings. The molecule has 30 N–H and O–H groups in total. The number of thiol groups is 4. The summed E-state index contributed by atoms with van der Waals surface area (Å²) in [4.78, 5) is 0. The molecular weight excluding hydrogens is 1270 g/mol. The Labute approximate surface area is 449 Å². The van der Waals surface area contributed by atoms with Crippen molar-refractivity contribution in [2.24, 2.45) is 68.8 Å². The SMILES string of the molecule is NCCNCCN.NCCNCCN.NCCNCCN.NCCNCCN.NCCNCCN.NCCNCCN.[Cl-].[Cl-].[Dy+3].[Dy+3].[SH-].[SH-].[SH-].[SH-].[S]1[Ge][S][Ge]1. The van der Waals surface area contributed by atoms with Crippen LogP contribution < -0.4 is 126 Å². The van der Waals surface area contributed by atoms with E-state index in [0.717, 1.165) is 78.5 Å². The fourth-order valence-corrected chi connectivity index (χ4v) is 12.1. The Kier molecular flexibility index (Phi) is 226. The summed E-state index contributed by atoms with van der Waals surface area (Å²) in [7, 11) is 4.50. The summed E-state index contributed by atoms with van der Waals surface area (Å²) in [6, 6.07) is 0. The molecule has 0 aromatic rings. The van der Waals surface area contributed by atoms with Crippen LogP contribution in [0.2, 0.25) is 0 Å². The standard InChI is InChI=1S/6C4H13N3.2ClH.2Dy.Ge2S2.4H2S/c6*5-1-3-7-4-2-6;;;;;1-3-2-4-1;;;;/h6*7H,1-6H2;2*1H;;;;4*1H2/q;;;;;;;;2*+3;;;;;/p-6. The summed E-state index contributed by atoms with van der Waals surface area (Å²) in [6.45, 7) is 18.8. The van der Waals surface area contributed by atoms with Gasteiger partial charge in [0.1, 0.15) is 0 Å². The van der Waals surface area contributed by atoms with Crippen LogP contribution in [0.1, 0.15) is 0 Å². The molecule has 1 saturated heterocycles. The van der Waals surface area contributed by atoms with E-state index in [-0.39, 0.29) is 155 Å². The molecule has 54 heavy (non-hydrogen) atoms. The Hall–Kier alpha value is 5.59. The van der Waals surface area contributed by atoms with Crippen LogP contribution in [0.25, 0.3) is 0 Å². The number of halogens is 2. The first kappa shape index (κ1) is 98.4. The Bertz CT molecular complexity index is 341. The molecule has 1 aliphatic heterocycles. The van der Waals surface area contributed by atoms with E-state index in [1.165, 1.54) is 0 Å². The molecule has 1 fully saturated rings. The second-order valence-corrected chi connectivity index (χ2v) is 32.3. The molecule has 0 bridgehead atoms. The predicted molar refractivity (Wildman–Crippen MR) is 248 cm³/mol. The van der Waals surface area contributed by atoms with E-state index in [2.05, 4.69) is 48.7 Å². The molecule has 1 heterocycles. The van der Waals surface area contributed by atoms with E-state index in [1.54, 1.807) is 0 Å². The molecule has 0 unspecified atom stereocenters. The number of nitrogens with two attached hydrogens (primary N) is 12. The Morgan fingerprint density at radius 1 is 0.259 bits per heavy atom. The van der Waals surface area contributed by atoms with Gasteiger partial charge in [-0.2, -0.15) is 0 Å². The topological polar surface area (TPSA) is 384 Å². The molecule has 1 rings (SSSR count). The normalized spacial score (nSPS) is 9.11. The van der Waals surface area contributed by atoms with E-state index in [1.807, 2.05) is 0 Å². The van der Waals surface area contributed by atoms with Crippen molar-refractivity contribution in [3.8, 4) is 0 Å². The van der Waals surface area contributed by atoms with Crippen LogP contribution in [0.15, 0.2) is 0 Å². The summed E-state index contributed by atoms with van der Waals surface area (Å²) in [5, 5.41) is 18.2. The number of rotatable bonds is 24. The van der Waals surface area contributed by atoms with Crippen molar-refractivity contribution >= 4 is 97.1 Å². The molecule has 6 radical (unpaired) electrons. The monoisotopic (exact) mass is 1360 g/mol. The van der Waals surface area contributed by atoms with Gasteiger partial charge in [0, 0.05) is 157 Å². The zero-order valence-corrected chi connectivity index (χ0v) is 46.9. The first-order chi connectivity index (χ1) is 22.5. The van der Waals surface area contributed by atoms with Crippen LogP contribution in [0.4, 0.5) is 0 Å². The van der Waals surface area contributed by atoms with Crippen molar-refractivity contribution in [1.82, 2.24) is 31.9 Å². The van der Waals surface area contributed by atoms with E-state index < -0.39 is 0 Å². The van der Waals surface area contributed by atoms with E-state index in [9.17, 15) is 0 Å². The van der Waals surface area contributed by atoms with Crippen LogP contribution in [0.5, 0.6) is 0 Å². The third-order valence-electron chi connectivity index (χ3n) is 4.02. The number of hydrogen-bond acceptors (Lipinski definition) is 24. The molecule has 18 nitrogen and oxygen atoms in total. The minimum absolute atomic E-state index is 0. The van der Waals surface area contributed by atoms with E-state index in [4.69, 9.17) is 68.8 Å². The second-order valence-electron chi connectivity index (χ2n) is 8.33. The van der Waals surface area contributed by atoms with Gasteiger partial charge in [-0.25, -0.2) is 0 Å². The van der Waals surface area contributed by atoms with Gasteiger partial charge in [-0.1, -0.05) is 0 Å². The van der Waals surface area contributed by atoms with Crippen molar-refractivity contribution in [2.45, 2.75) is 0 Å². The molecule has 0 atom stereocenters.